The van der Waals surface area contributed by atoms with Gasteiger partial charge in [-0.25, -0.2) is 4.98 Å². The van der Waals surface area contributed by atoms with Crippen LogP contribution < -0.4 is 10.1 Å². The second-order valence-electron chi connectivity index (χ2n) is 6.04. The van der Waals surface area contributed by atoms with E-state index in [2.05, 4.69) is 17.2 Å². The molecule has 0 spiro atoms. The number of amides is 1. The number of para-hydroxylation sites is 1. The van der Waals surface area contributed by atoms with Gasteiger partial charge in [-0.3, -0.25) is 4.79 Å². The van der Waals surface area contributed by atoms with Gasteiger partial charge in [0.15, 0.2) is 6.61 Å². The van der Waals surface area contributed by atoms with Gasteiger partial charge in [0.25, 0.3) is 5.91 Å². The van der Waals surface area contributed by atoms with Crippen LogP contribution in [0.5, 0.6) is 5.75 Å². The molecule has 0 fully saturated rings. The summed E-state index contributed by atoms with van der Waals surface area (Å²) >= 11 is 0. The Kier molecular flexibility index (Phi) is 5.69. The van der Waals surface area contributed by atoms with Crippen LogP contribution in [0.25, 0.3) is 5.69 Å². The Hall–Kier alpha value is -3.08. The highest BCUT2D eigenvalue weighted by molar-refractivity contribution is 5.77. The highest BCUT2D eigenvalue weighted by Crippen LogP contribution is 2.16. The summed E-state index contributed by atoms with van der Waals surface area (Å²) in [4.78, 5) is 16.4. The summed E-state index contributed by atoms with van der Waals surface area (Å²) in [6.45, 7) is 4.49. The number of rotatable bonds is 7. The largest absolute Gasteiger partial charge is 0.484 e. The van der Waals surface area contributed by atoms with Crippen molar-refractivity contribution in [2.24, 2.45) is 0 Å². The van der Waals surface area contributed by atoms with Crippen molar-refractivity contribution < 1.29 is 9.53 Å². The summed E-state index contributed by atoms with van der Waals surface area (Å²) in [5.41, 5.74) is 3.28. The van der Waals surface area contributed by atoms with E-state index in [0.29, 0.717) is 12.3 Å². The molecule has 2 aromatic carbocycles. The lowest BCUT2D eigenvalue weighted by atomic mass is 10.1. The third kappa shape index (κ3) is 4.30. The Morgan fingerprint density at radius 3 is 2.62 bits per heavy atom. The second kappa shape index (κ2) is 8.34. The van der Waals surface area contributed by atoms with E-state index in [-0.39, 0.29) is 12.5 Å². The lowest BCUT2D eigenvalue weighted by molar-refractivity contribution is -0.123. The zero-order valence-electron chi connectivity index (χ0n) is 15.1. The average molecular weight is 349 g/mol. The van der Waals surface area contributed by atoms with E-state index in [1.807, 2.05) is 66.2 Å². The Morgan fingerprint density at radius 1 is 1.15 bits per heavy atom. The molecule has 134 valence electrons. The van der Waals surface area contributed by atoms with Crippen LogP contribution in [0.4, 0.5) is 0 Å². The van der Waals surface area contributed by atoms with Gasteiger partial charge in [0.1, 0.15) is 11.6 Å². The van der Waals surface area contributed by atoms with Crippen molar-refractivity contribution in [2.75, 3.05) is 6.61 Å². The number of ether oxygens (including phenoxy) is 1. The molecule has 1 amide bonds. The monoisotopic (exact) mass is 349 g/mol. The Morgan fingerprint density at radius 2 is 1.92 bits per heavy atom. The first-order valence-electron chi connectivity index (χ1n) is 8.74. The highest BCUT2D eigenvalue weighted by atomic mass is 16.5. The summed E-state index contributed by atoms with van der Waals surface area (Å²) in [7, 11) is 0. The first-order chi connectivity index (χ1) is 12.7. The van der Waals surface area contributed by atoms with Crippen molar-refractivity contribution in [3.05, 3.63) is 77.9 Å². The number of aromatic nitrogens is 2. The molecule has 1 heterocycles. The fourth-order valence-electron chi connectivity index (χ4n) is 2.74. The van der Waals surface area contributed by atoms with Crippen molar-refractivity contribution in [2.45, 2.75) is 26.8 Å². The van der Waals surface area contributed by atoms with Gasteiger partial charge in [0.05, 0.1) is 5.69 Å². The van der Waals surface area contributed by atoms with Gasteiger partial charge in [-0.1, -0.05) is 37.3 Å². The topological polar surface area (TPSA) is 56.1 Å². The average Bonchev–Trinajstić information content (AvgIpc) is 3.11. The number of benzene rings is 2. The van der Waals surface area contributed by atoms with Gasteiger partial charge < -0.3 is 14.6 Å². The fraction of sp³-hybridized carbons (Fsp3) is 0.238. The van der Waals surface area contributed by atoms with E-state index in [1.165, 1.54) is 5.56 Å². The van der Waals surface area contributed by atoms with E-state index in [0.717, 1.165) is 23.5 Å². The number of hydrogen-bond donors (Lipinski definition) is 1. The number of carbonyl (C=O) groups excluding carboxylic acids is 1. The number of carbonyl (C=O) groups is 1. The summed E-state index contributed by atoms with van der Waals surface area (Å²) in [6, 6.07) is 15.8. The fourth-order valence-corrected chi connectivity index (χ4v) is 2.74. The van der Waals surface area contributed by atoms with Crippen molar-refractivity contribution >= 4 is 5.91 Å². The first kappa shape index (κ1) is 17.7. The normalized spacial score (nSPS) is 10.5. The van der Waals surface area contributed by atoms with Gasteiger partial charge in [-0.15, -0.1) is 0 Å². The zero-order chi connectivity index (χ0) is 18.4. The lowest BCUT2D eigenvalue weighted by Crippen LogP contribution is -2.28. The SMILES string of the molecule is CCc1ccc(OCC(=O)NCc2ccccc2-n2ccnc2C)cc1. The van der Waals surface area contributed by atoms with E-state index in [4.69, 9.17) is 4.74 Å². The lowest BCUT2D eigenvalue weighted by Gasteiger charge is -2.13. The van der Waals surface area contributed by atoms with E-state index in [1.54, 1.807) is 6.20 Å². The first-order valence-corrected chi connectivity index (χ1v) is 8.74. The minimum Gasteiger partial charge on any atom is -0.484 e. The van der Waals surface area contributed by atoms with Crippen LogP contribution in [-0.2, 0) is 17.8 Å². The summed E-state index contributed by atoms with van der Waals surface area (Å²) in [6.07, 6.45) is 4.66. The number of nitrogens with one attached hydrogen (secondary N) is 1. The van der Waals surface area contributed by atoms with E-state index in [9.17, 15) is 4.79 Å². The molecular formula is C21H23N3O2. The van der Waals surface area contributed by atoms with Crippen molar-refractivity contribution in [1.29, 1.82) is 0 Å². The molecular weight excluding hydrogens is 326 g/mol. The van der Waals surface area contributed by atoms with E-state index >= 15 is 0 Å². The Bertz CT molecular complexity index is 869. The molecule has 3 aromatic rings. The van der Waals surface area contributed by atoms with Crippen LogP contribution in [0, 0.1) is 6.92 Å². The molecule has 0 aliphatic carbocycles. The van der Waals surface area contributed by atoms with Gasteiger partial charge in [0, 0.05) is 18.9 Å². The van der Waals surface area contributed by atoms with Crippen molar-refractivity contribution in [1.82, 2.24) is 14.9 Å². The predicted octanol–water partition coefficient (Wildman–Crippen LogP) is 3.44. The molecule has 0 bridgehead atoms. The molecule has 0 saturated carbocycles. The van der Waals surface area contributed by atoms with Crippen LogP contribution in [-0.4, -0.2) is 22.1 Å². The smallest absolute Gasteiger partial charge is 0.258 e. The van der Waals surface area contributed by atoms with Crippen molar-refractivity contribution in [3.8, 4) is 11.4 Å². The minimum atomic E-state index is -0.151. The summed E-state index contributed by atoms with van der Waals surface area (Å²) < 4.78 is 7.56. The molecule has 5 heteroatoms. The molecule has 5 nitrogen and oxygen atoms in total. The van der Waals surface area contributed by atoms with Crippen LogP contribution >= 0.6 is 0 Å². The summed E-state index contributed by atoms with van der Waals surface area (Å²) in [5.74, 6) is 1.45. The number of nitrogens with zero attached hydrogens (tertiary/aromatic N) is 2. The Balaban J connectivity index is 1.57. The van der Waals surface area contributed by atoms with Crippen LogP contribution in [0.15, 0.2) is 60.9 Å². The Labute approximate surface area is 153 Å². The molecule has 0 unspecified atom stereocenters. The van der Waals surface area contributed by atoms with Crippen LogP contribution in [0.3, 0.4) is 0 Å². The molecule has 1 aromatic heterocycles. The highest BCUT2D eigenvalue weighted by Gasteiger charge is 2.08. The molecule has 1 N–H and O–H groups in total. The molecule has 0 atom stereocenters. The maximum Gasteiger partial charge on any atom is 0.258 e. The molecule has 26 heavy (non-hydrogen) atoms. The zero-order valence-corrected chi connectivity index (χ0v) is 15.1. The minimum absolute atomic E-state index is 0.00224. The predicted molar refractivity (Wildman–Crippen MR) is 101 cm³/mol. The van der Waals surface area contributed by atoms with Crippen LogP contribution in [0.1, 0.15) is 23.9 Å². The quantitative estimate of drug-likeness (QED) is 0.711. The third-order valence-corrected chi connectivity index (χ3v) is 4.25. The second-order valence-corrected chi connectivity index (χ2v) is 6.04. The molecule has 3 rings (SSSR count). The van der Waals surface area contributed by atoms with Gasteiger partial charge in [0.2, 0.25) is 0 Å². The maximum absolute atomic E-state index is 12.1. The third-order valence-electron chi connectivity index (χ3n) is 4.25. The van der Waals surface area contributed by atoms with Gasteiger partial charge >= 0.3 is 0 Å². The standard InChI is InChI=1S/C21H23N3O2/c1-3-17-8-10-19(11-9-17)26-15-21(25)23-14-18-6-4-5-7-20(18)24-13-12-22-16(24)2/h4-13H,3,14-15H2,1-2H3,(H,23,25). The van der Waals surface area contributed by atoms with Crippen molar-refractivity contribution in [3.63, 3.8) is 0 Å². The number of hydrogen-bond acceptors (Lipinski definition) is 3. The van der Waals surface area contributed by atoms with Gasteiger partial charge in [-0.2, -0.15) is 0 Å². The molecule has 0 radical (unpaired) electrons. The summed E-state index contributed by atoms with van der Waals surface area (Å²) in [5, 5.41) is 2.92. The number of aryl methyl sites for hydroxylation is 2. The molecule has 0 aliphatic heterocycles. The van der Waals surface area contributed by atoms with Crippen LogP contribution in [0.2, 0.25) is 0 Å². The molecule has 0 aliphatic rings. The van der Waals surface area contributed by atoms with E-state index < -0.39 is 0 Å². The molecule has 0 saturated heterocycles. The van der Waals surface area contributed by atoms with Gasteiger partial charge in [-0.05, 0) is 42.7 Å². The number of imidazole rings is 1. The maximum atomic E-state index is 12.1.